The van der Waals surface area contributed by atoms with Gasteiger partial charge in [-0.25, -0.2) is 19.6 Å². The number of amides is 4. The Labute approximate surface area is 341 Å². The molecular weight excluding hydrogens is 765 g/mol. The second-order valence-electron chi connectivity index (χ2n) is 16.1. The van der Waals surface area contributed by atoms with Gasteiger partial charge in [0, 0.05) is 40.7 Å². The number of nitrogens with one attached hydrogen (secondary N) is 3. The Morgan fingerprint density at radius 1 is 1.02 bits per heavy atom. The first-order valence-electron chi connectivity index (χ1n) is 20.3. The van der Waals surface area contributed by atoms with Crippen molar-refractivity contribution >= 4 is 57.2 Å². The molecule has 1 saturated heterocycles. The summed E-state index contributed by atoms with van der Waals surface area (Å²) in [7, 11) is 1.58. The SMILES string of the molecule is COc1ccc2c(O[C@@H]3C[C@H]4C(=O)N[C@]5(C(=O)O)C[C@@H]5/C=C\CCCCC[C@H](NC(=O)OC5CCCC5)C(=O)N4C3)cc(-c3csc(NC(=O)C(C)C)n3)nc2c1C. The molecule has 7 rings (SSSR count). The standard InChI is InChI=1S/C42H52N6O9S/c1-23(2)36(49)46-40-44-31(22-58-40)30-19-34(28-16-17-33(55-4)24(3)35(28)43-30)56-27-18-32-37(50)47-42(39(52)53)20-25(42)12-8-6-5-7-9-15-29(38(51)48(32)21-27)45-41(54)57-26-13-10-11-14-26/h8,12,16-17,19,22-23,25-27,29,32H,5-7,9-11,13-15,18,20-21H2,1-4H3,(H,45,54)(H,47,50)(H,52,53)(H,44,46,49)/b12-8-/t25-,27+,29-,32-,42+/m0/s1. The maximum Gasteiger partial charge on any atom is 0.408 e. The summed E-state index contributed by atoms with van der Waals surface area (Å²) in [5.74, 6) is -1.91. The van der Waals surface area contributed by atoms with Gasteiger partial charge in [-0.2, -0.15) is 0 Å². The molecule has 0 unspecified atom stereocenters. The first-order valence-corrected chi connectivity index (χ1v) is 21.2. The summed E-state index contributed by atoms with van der Waals surface area (Å²) in [5.41, 5.74) is 0.864. The van der Waals surface area contributed by atoms with E-state index in [1.165, 1.54) is 16.2 Å². The van der Waals surface area contributed by atoms with Crippen molar-refractivity contribution in [1.82, 2.24) is 25.5 Å². The highest BCUT2D eigenvalue weighted by atomic mass is 32.1. The molecule has 0 spiro atoms. The highest BCUT2D eigenvalue weighted by molar-refractivity contribution is 7.14. The molecule has 16 heteroatoms. The molecule has 4 heterocycles. The quantitative estimate of drug-likeness (QED) is 0.181. The predicted molar refractivity (Wildman–Crippen MR) is 217 cm³/mol. The molecule has 310 valence electrons. The number of ether oxygens (including phenoxy) is 3. The van der Waals surface area contributed by atoms with Gasteiger partial charge in [-0.3, -0.25) is 14.4 Å². The van der Waals surface area contributed by atoms with Crippen LogP contribution in [0.5, 0.6) is 11.5 Å². The van der Waals surface area contributed by atoms with Crippen LogP contribution in [0.2, 0.25) is 0 Å². The topological polar surface area (TPSA) is 198 Å². The normalized spacial score (nSPS) is 25.8. The molecule has 4 amide bonds. The molecule has 0 radical (unpaired) electrons. The van der Waals surface area contributed by atoms with Crippen LogP contribution in [0.25, 0.3) is 22.3 Å². The Kier molecular flexibility index (Phi) is 12.2. The molecule has 2 aliphatic carbocycles. The molecule has 5 atom stereocenters. The lowest BCUT2D eigenvalue weighted by atomic mass is 10.0. The van der Waals surface area contributed by atoms with Gasteiger partial charge in [-0.1, -0.05) is 38.8 Å². The molecule has 58 heavy (non-hydrogen) atoms. The summed E-state index contributed by atoms with van der Waals surface area (Å²) in [5, 5.41) is 21.6. The molecule has 1 aromatic carbocycles. The van der Waals surface area contributed by atoms with Gasteiger partial charge in [0.15, 0.2) is 5.13 Å². The Morgan fingerprint density at radius 2 is 1.79 bits per heavy atom. The summed E-state index contributed by atoms with van der Waals surface area (Å²) < 4.78 is 18.0. The molecule has 2 saturated carbocycles. The average Bonchev–Trinajstić information content (AvgIpc) is 3.62. The number of pyridine rings is 1. The number of carboxylic acids is 1. The maximum atomic E-state index is 14.6. The van der Waals surface area contributed by atoms with Crippen molar-refractivity contribution in [2.24, 2.45) is 11.8 Å². The van der Waals surface area contributed by atoms with E-state index in [-0.39, 0.29) is 43.2 Å². The van der Waals surface area contributed by atoms with E-state index in [4.69, 9.17) is 19.2 Å². The minimum Gasteiger partial charge on any atom is -0.496 e. The van der Waals surface area contributed by atoms with Crippen molar-refractivity contribution in [2.45, 2.75) is 121 Å². The van der Waals surface area contributed by atoms with E-state index in [2.05, 4.69) is 20.9 Å². The van der Waals surface area contributed by atoms with Gasteiger partial charge in [0.25, 0.3) is 0 Å². The van der Waals surface area contributed by atoms with E-state index in [9.17, 15) is 29.1 Å². The number of hydrogen-bond acceptors (Lipinski definition) is 11. The molecule has 2 aliphatic heterocycles. The third kappa shape index (κ3) is 8.76. The zero-order chi connectivity index (χ0) is 41.1. The number of anilines is 1. The first-order chi connectivity index (χ1) is 27.9. The summed E-state index contributed by atoms with van der Waals surface area (Å²) in [6.45, 7) is 5.47. The third-order valence-electron chi connectivity index (χ3n) is 11.7. The van der Waals surface area contributed by atoms with E-state index < -0.39 is 47.6 Å². The van der Waals surface area contributed by atoms with Crippen LogP contribution in [0, 0.1) is 18.8 Å². The number of methoxy groups -OCH3 is 1. The van der Waals surface area contributed by atoms with Crippen LogP contribution < -0.4 is 25.4 Å². The van der Waals surface area contributed by atoms with Crippen molar-refractivity contribution in [1.29, 1.82) is 0 Å². The molecule has 15 nitrogen and oxygen atoms in total. The largest absolute Gasteiger partial charge is 0.496 e. The smallest absolute Gasteiger partial charge is 0.408 e. The number of aromatic nitrogens is 2. The van der Waals surface area contributed by atoms with Gasteiger partial charge in [-0.05, 0) is 70.4 Å². The van der Waals surface area contributed by atoms with E-state index in [1.54, 1.807) is 32.4 Å². The number of carbonyl (C=O) groups is 5. The first kappa shape index (κ1) is 40.9. The number of hydrogen-bond donors (Lipinski definition) is 4. The molecule has 4 N–H and O–H groups in total. The maximum absolute atomic E-state index is 14.6. The summed E-state index contributed by atoms with van der Waals surface area (Å²) in [6, 6.07) is 3.35. The van der Waals surface area contributed by atoms with Gasteiger partial charge in [-0.15, -0.1) is 11.3 Å². The van der Waals surface area contributed by atoms with Crippen molar-refractivity contribution in [2.75, 3.05) is 19.0 Å². The molecular formula is C42H52N6O9S. The Hall–Kier alpha value is -5.25. The minimum atomic E-state index is -1.47. The number of alkyl carbamates (subject to hydrolysis) is 1. The summed E-state index contributed by atoms with van der Waals surface area (Å²) in [4.78, 5) is 78.0. The zero-order valence-electron chi connectivity index (χ0n) is 33.4. The lowest BCUT2D eigenvalue weighted by molar-refractivity contribution is -0.145. The highest BCUT2D eigenvalue weighted by Crippen LogP contribution is 2.46. The predicted octanol–water partition coefficient (Wildman–Crippen LogP) is 6.14. The van der Waals surface area contributed by atoms with Crippen LogP contribution in [0.1, 0.15) is 90.0 Å². The van der Waals surface area contributed by atoms with Crippen LogP contribution in [0.4, 0.5) is 9.93 Å². The van der Waals surface area contributed by atoms with E-state index >= 15 is 0 Å². The Bertz CT molecular complexity index is 2100. The Balaban J connectivity index is 1.21. The van der Waals surface area contributed by atoms with Gasteiger partial charge in [0.05, 0.1) is 24.9 Å². The number of nitrogens with zero attached hydrogens (tertiary/aromatic N) is 3. The number of thiazole rings is 1. The molecule has 3 aromatic rings. The monoisotopic (exact) mass is 816 g/mol. The highest BCUT2D eigenvalue weighted by Gasteiger charge is 2.61. The number of aryl methyl sites for hydroxylation is 1. The number of allylic oxidation sites excluding steroid dienone is 1. The van der Waals surface area contributed by atoms with Crippen LogP contribution in [0.3, 0.4) is 0 Å². The number of fused-ring (bicyclic) bond motifs is 3. The van der Waals surface area contributed by atoms with Crippen LogP contribution in [-0.2, 0) is 23.9 Å². The number of rotatable bonds is 9. The van der Waals surface area contributed by atoms with E-state index in [0.717, 1.165) is 50.5 Å². The van der Waals surface area contributed by atoms with E-state index in [0.29, 0.717) is 51.8 Å². The number of carbonyl (C=O) groups excluding carboxylic acids is 4. The van der Waals surface area contributed by atoms with Crippen molar-refractivity contribution in [3.8, 4) is 22.9 Å². The van der Waals surface area contributed by atoms with Gasteiger partial charge in [0.1, 0.15) is 47.0 Å². The third-order valence-corrected chi connectivity index (χ3v) is 12.4. The Morgan fingerprint density at radius 3 is 2.53 bits per heavy atom. The lowest BCUT2D eigenvalue weighted by Gasteiger charge is -2.29. The second-order valence-corrected chi connectivity index (χ2v) is 17.0. The molecule has 2 aromatic heterocycles. The fourth-order valence-corrected chi connectivity index (χ4v) is 8.90. The summed E-state index contributed by atoms with van der Waals surface area (Å²) in [6.07, 6.45) is 9.39. The van der Waals surface area contributed by atoms with Crippen molar-refractivity contribution < 1.29 is 43.3 Å². The lowest BCUT2D eigenvalue weighted by Crippen LogP contribution is -2.56. The van der Waals surface area contributed by atoms with Crippen molar-refractivity contribution in [3.05, 3.63) is 41.3 Å². The number of aliphatic carboxylic acids is 1. The molecule has 4 aliphatic rings. The number of carboxylic acid groups (broad SMARTS) is 1. The molecule has 0 bridgehead atoms. The fourth-order valence-electron chi connectivity index (χ4n) is 8.19. The molecule has 3 fully saturated rings. The average molecular weight is 817 g/mol. The summed E-state index contributed by atoms with van der Waals surface area (Å²) >= 11 is 1.27. The van der Waals surface area contributed by atoms with Crippen LogP contribution in [0.15, 0.2) is 35.7 Å². The van der Waals surface area contributed by atoms with Crippen LogP contribution in [-0.4, -0.2) is 93.2 Å². The number of benzene rings is 1. The minimum absolute atomic E-state index is 0.00740. The van der Waals surface area contributed by atoms with Crippen molar-refractivity contribution in [3.63, 3.8) is 0 Å². The second kappa shape index (κ2) is 17.3. The van der Waals surface area contributed by atoms with Gasteiger partial charge >= 0.3 is 12.1 Å². The zero-order valence-corrected chi connectivity index (χ0v) is 34.2. The fraction of sp³-hybridized carbons (Fsp3) is 0.548. The van der Waals surface area contributed by atoms with Gasteiger partial charge in [0.2, 0.25) is 17.7 Å². The van der Waals surface area contributed by atoms with Gasteiger partial charge < -0.3 is 40.2 Å². The van der Waals surface area contributed by atoms with E-state index in [1.807, 2.05) is 31.2 Å². The van der Waals surface area contributed by atoms with Crippen LogP contribution >= 0.6 is 11.3 Å².